The first-order chi connectivity index (χ1) is 11.0. The SMILES string of the molecule is FC(F)(F)c1cccc(OC[C@H]2CNCC[C@@H]2c2ccsc2)c1. The second-order valence-electron chi connectivity index (χ2n) is 5.75. The topological polar surface area (TPSA) is 21.3 Å². The van der Waals surface area contributed by atoms with E-state index in [1.54, 1.807) is 17.4 Å². The fourth-order valence-corrected chi connectivity index (χ4v) is 3.71. The molecular weight excluding hydrogens is 323 g/mol. The summed E-state index contributed by atoms with van der Waals surface area (Å²) in [5, 5.41) is 7.55. The fraction of sp³-hybridized carbons (Fsp3) is 0.412. The summed E-state index contributed by atoms with van der Waals surface area (Å²) in [6.07, 6.45) is -3.32. The predicted octanol–water partition coefficient (Wildman–Crippen LogP) is 4.54. The Morgan fingerprint density at radius 1 is 1.26 bits per heavy atom. The largest absolute Gasteiger partial charge is 0.493 e. The Labute approximate surface area is 137 Å². The van der Waals surface area contributed by atoms with Crippen LogP contribution in [-0.4, -0.2) is 19.7 Å². The van der Waals surface area contributed by atoms with Crippen LogP contribution >= 0.6 is 11.3 Å². The van der Waals surface area contributed by atoms with Gasteiger partial charge in [-0.05, 0) is 59.5 Å². The summed E-state index contributed by atoms with van der Waals surface area (Å²) in [6.45, 7) is 2.19. The highest BCUT2D eigenvalue weighted by molar-refractivity contribution is 7.07. The number of rotatable bonds is 4. The van der Waals surface area contributed by atoms with E-state index in [-0.39, 0.29) is 11.7 Å². The molecule has 0 amide bonds. The van der Waals surface area contributed by atoms with Gasteiger partial charge in [0.15, 0.2) is 0 Å². The first-order valence-corrected chi connectivity index (χ1v) is 8.51. The minimum Gasteiger partial charge on any atom is -0.493 e. The van der Waals surface area contributed by atoms with E-state index in [9.17, 15) is 13.2 Å². The average molecular weight is 341 g/mol. The van der Waals surface area contributed by atoms with Crippen molar-refractivity contribution >= 4 is 11.3 Å². The summed E-state index contributed by atoms with van der Waals surface area (Å²) in [4.78, 5) is 0. The van der Waals surface area contributed by atoms with Crippen molar-refractivity contribution in [1.29, 1.82) is 0 Å². The Morgan fingerprint density at radius 3 is 2.87 bits per heavy atom. The molecule has 0 saturated carbocycles. The van der Waals surface area contributed by atoms with Crippen molar-refractivity contribution in [2.75, 3.05) is 19.7 Å². The molecule has 0 unspecified atom stereocenters. The van der Waals surface area contributed by atoms with Gasteiger partial charge in [-0.3, -0.25) is 0 Å². The molecule has 1 aliphatic rings. The van der Waals surface area contributed by atoms with Crippen LogP contribution in [0.5, 0.6) is 5.75 Å². The fourth-order valence-electron chi connectivity index (χ4n) is 2.99. The van der Waals surface area contributed by atoms with E-state index in [0.717, 1.165) is 31.6 Å². The molecule has 2 heterocycles. The molecule has 2 atom stereocenters. The summed E-state index contributed by atoms with van der Waals surface area (Å²) in [7, 11) is 0. The molecule has 0 spiro atoms. The Bertz CT molecular complexity index is 627. The lowest BCUT2D eigenvalue weighted by atomic mass is 9.83. The van der Waals surface area contributed by atoms with Crippen LogP contribution < -0.4 is 10.1 Å². The molecule has 0 radical (unpaired) electrons. The van der Waals surface area contributed by atoms with Crippen LogP contribution in [0, 0.1) is 5.92 Å². The molecular formula is C17H18F3NOS. The van der Waals surface area contributed by atoms with Gasteiger partial charge in [-0.25, -0.2) is 0 Å². The van der Waals surface area contributed by atoms with Gasteiger partial charge in [-0.2, -0.15) is 24.5 Å². The number of nitrogens with one attached hydrogen (secondary N) is 1. The summed E-state index contributed by atoms with van der Waals surface area (Å²) in [5.41, 5.74) is 0.625. The normalized spacial score (nSPS) is 22.0. The van der Waals surface area contributed by atoms with Crippen molar-refractivity contribution in [1.82, 2.24) is 5.32 Å². The molecule has 124 valence electrons. The number of halogens is 3. The predicted molar refractivity (Wildman–Crippen MR) is 85.0 cm³/mol. The number of hydrogen-bond acceptors (Lipinski definition) is 3. The van der Waals surface area contributed by atoms with E-state index >= 15 is 0 Å². The lowest BCUT2D eigenvalue weighted by molar-refractivity contribution is -0.137. The van der Waals surface area contributed by atoms with Gasteiger partial charge in [-0.1, -0.05) is 6.07 Å². The number of ether oxygens (including phenoxy) is 1. The van der Waals surface area contributed by atoms with Crippen molar-refractivity contribution in [3.63, 3.8) is 0 Å². The summed E-state index contributed by atoms with van der Waals surface area (Å²) in [6, 6.07) is 7.20. The molecule has 23 heavy (non-hydrogen) atoms. The molecule has 2 nitrogen and oxygen atoms in total. The summed E-state index contributed by atoms with van der Waals surface area (Å²) < 4.78 is 43.9. The molecule has 1 N–H and O–H groups in total. The van der Waals surface area contributed by atoms with Crippen LogP contribution in [0.15, 0.2) is 41.1 Å². The Balaban J connectivity index is 1.67. The number of benzene rings is 1. The van der Waals surface area contributed by atoms with E-state index in [0.29, 0.717) is 12.5 Å². The molecule has 2 aromatic rings. The van der Waals surface area contributed by atoms with Gasteiger partial charge in [0.2, 0.25) is 0 Å². The maximum atomic E-state index is 12.7. The molecule has 1 aromatic carbocycles. The quantitative estimate of drug-likeness (QED) is 0.882. The molecule has 1 aromatic heterocycles. The minimum atomic E-state index is -4.34. The zero-order valence-electron chi connectivity index (χ0n) is 12.5. The maximum Gasteiger partial charge on any atom is 0.416 e. The van der Waals surface area contributed by atoms with Crippen molar-refractivity contribution in [3.8, 4) is 5.75 Å². The van der Waals surface area contributed by atoms with Crippen molar-refractivity contribution in [2.45, 2.75) is 18.5 Å². The number of alkyl halides is 3. The smallest absolute Gasteiger partial charge is 0.416 e. The minimum absolute atomic E-state index is 0.257. The van der Waals surface area contributed by atoms with Crippen molar-refractivity contribution < 1.29 is 17.9 Å². The van der Waals surface area contributed by atoms with Crippen LogP contribution in [0.2, 0.25) is 0 Å². The van der Waals surface area contributed by atoms with E-state index < -0.39 is 11.7 Å². The van der Waals surface area contributed by atoms with Gasteiger partial charge >= 0.3 is 6.18 Å². The lowest BCUT2D eigenvalue weighted by Crippen LogP contribution is -2.38. The highest BCUT2D eigenvalue weighted by Crippen LogP contribution is 2.34. The summed E-state index contributed by atoms with van der Waals surface area (Å²) in [5.74, 6) is 0.927. The van der Waals surface area contributed by atoms with E-state index in [1.165, 1.54) is 11.6 Å². The van der Waals surface area contributed by atoms with Gasteiger partial charge in [0.25, 0.3) is 0 Å². The van der Waals surface area contributed by atoms with Crippen LogP contribution in [0.3, 0.4) is 0 Å². The highest BCUT2D eigenvalue weighted by Gasteiger charge is 2.31. The van der Waals surface area contributed by atoms with Crippen LogP contribution in [0.1, 0.15) is 23.5 Å². The second-order valence-corrected chi connectivity index (χ2v) is 6.53. The third-order valence-electron chi connectivity index (χ3n) is 4.20. The molecule has 1 aliphatic heterocycles. The number of piperidine rings is 1. The first-order valence-electron chi connectivity index (χ1n) is 7.57. The number of thiophene rings is 1. The van der Waals surface area contributed by atoms with Gasteiger partial charge < -0.3 is 10.1 Å². The Hall–Kier alpha value is -1.53. The molecule has 6 heteroatoms. The standard InChI is InChI=1S/C17H18F3NOS/c18-17(19,20)14-2-1-3-15(8-14)22-10-13-9-21-6-4-16(13)12-5-7-23-11-12/h1-3,5,7-8,11,13,16,21H,4,6,9-10H2/t13-,16-/m1/s1. The zero-order chi connectivity index (χ0) is 16.3. The molecule has 1 saturated heterocycles. The Morgan fingerprint density at radius 2 is 2.13 bits per heavy atom. The highest BCUT2D eigenvalue weighted by atomic mass is 32.1. The average Bonchev–Trinajstić information content (AvgIpc) is 3.07. The summed E-state index contributed by atoms with van der Waals surface area (Å²) >= 11 is 1.67. The first kappa shape index (κ1) is 16.3. The third kappa shape index (κ3) is 4.06. The molecule has 0 bridgehead atoms. The molecule has 3 rings (SSSR count). The third-order valence-corrected chi connectivity index (χ3v) is 4.91. The van der Waals surface area contributed by atoms with E-state index in [4.69, 9.17) is 4.74 Å². The maximum absolute atomic E-state index is 12.7. The second kappa shape index (κ2) is 6.93. The van der Waals surface area contributed by atoms with Crippen LogP contribution in [-0.2, 0) is 6.18 Å². The van der Waals surface area contributed by atoms with Gasteiger partial charge in [-0.15, -0.1) is 0 Å². The van der Waals surface area contributed by atoms with Gasteiger partial charge in [0, 0.05) is 12.5 Å². The van der Waals surface area contributed by atoms with Crippen LogP contribution in [0.4, 0.5) is 13.2 Å². The monoisotopic (exact) mass is 341 g/mol. The number of hydrogen-bond donors (Lipinski definition) is 1. The van der Waals surface area contributed by atoms with E-state index in [1.807, 2.05) is 0 Å². The molecule has 1 fully saturated rings. The van der Waals surface area contributed by atoms with Gasteiger partial charge in [0.1, 0.15) is 5.75 Å². The van der Waals surface area contributed by atoms with Crippen LogP contribution in [0.25, 0.3) is 0 Å². The van der Waals surface area contributed by atoms with E-state index in [2.05, 4.69) is 22.1 Å². The Kier molecular flexibility index (Phi) is 4.92. The van der Waals surface area contributed by atoms with Crippen molar-refractivity contribution in [2.24, 2.45) is 5.92 Å². The lowest BCUT2D eigenvalue weighted by Gasteiger charge is -2.31. The molecule has 0 aliphatic carbocycles. The van der Waals surface area contributed by atoms with Gasteiger partial charge in [0.05, 0.1) is 12.2 Å². The zero-order valence-corrected chi connectivity index (χ0v) is 13.3. The van der Waals surface area contributed by atoms with Crippen molar-refractivity contribution in [3.05, 3.63) is 52.2 Å².